The van der Waals surface area contributed by atoms with Crippen LogP contribution >= 0.6 is 0 Å². The minimum atomic E-state index is -3.31. The summed E-state index contributed by atoms with van der Waals surface area (Å²) in [6.45, 7) is 0.160. The lowest BCUT2D eigenvalue weighted by Crippen LogP contribution is -2.21. The summed E-state index contributed by atoms with van der Waals surface area (Å²) in [5, 5.41) is 13.0. The van der Waals surface area contributed by atoms with E-state index in [9.17, 15) is 8.42 Å². The van der Waals surface area contributed by atoms with Gasteiger partial charge < -0.3 is 10.1 Å². The lowest BCUT2D eigenvalue weighted by Gasteiger charge is -2.12. The third-order valence-corrected chi connectivity index (χ3v) is 6.04. The first-order valence-electron chi connectivity index (χ1n) is 10.3. The molecule has 0 fully saturated rings. The molecule has 11 nitrogen and oxygen atoms in total. The molecule has 0 unspecified atom stereocenters. The number of ether oxygens (including phenoxy) is 1. The van der Waals surface area contributed by atoms with Crippen LogP contribution < -0.4 is 14.8 Å². The molecule has 0 radical (unpaired) electrons. The van der Waals surface area contributed by atoms with Crippen molar-refractivity contribution in [3.05, 3.63) is 60.7 Å². The molecule has 12 heteroatoms. The molecular formula is C22H22N8O3S. The second-order valence-electron chi connectivity index (χ2n) is 7.64. The number of hydrogen-bond donors (Lipinski definition) is 2. The largest absolute Gasteiger partial charge is 0.494 e. The van der Waals surface area contributed by atoms with E-state index in [1.807, 2.05) is 30.5 Å². The van der Waals surface area contributed by atoms with Crippen LogP contribution in [0, 0.1) is 0 Å². The number of rotatable bonds is 7. The van der Waals surface area contributed by atoms with Crippen LogP contribution in [0.25, 0.3) is 33.5 Å². The third-order valence-electron chi connectivity index (χ3n) is 5.37. The van der Waals surface area contributed by atoms with Gasteiger partial charge in [0.1, 0.15) is 11.4 Å². The molecule has 1 aromatic carbocycles. The van der Waals surface area contributed by atoms with Crippen molar-refractivity contribution in [2.24, 2.45) is 0 Å². The van der Waals surface area contributed by atoms with Crippen LogP contribution in [-0.2, 0) is 16.6 Å². The van der Waals surface area contributed by atoms with Crippen LogP contribution in [-0.4, -0.2) is 58.2 Å². The highest BCUT2D eigenvalue weighted by atomic mass is 32.2. The first kappa shape index (κ1) is 21.8. The number of hydrogen-bond acceptors (Lipinski definition) is 8. The van der Waals surface area contributed by atoms with Gasteiger partial charge in [0.25, 0.3) is 0 Å². The van der Waals surface area contributed by atoms with Crippen LogP contribution in [0.3, 0.4) is 0 Å². The van der Waals surface area contributed by atoms with Crippen LogP contribution in [0.15, 0.2) is 55.1 Å². The van der Waals surface area contributed by atoms with Crippen LogP contribution in [0.2, 0.25) is 0 Å². The summed E-state index contributed by atoms with van der Waals surface area (Å²) < 4.78 is 34.5. The Bertz CT molecular complexity index is 1620. The van der Waals surface area contributed by atoms with Gasteiger partial charge in [-0.15, -0.1) is 5.10 Å². The maximum absolute atomic E-state index is 11.5. The predicted octanol–water partition coefficient (Wildman–Crippen LogP) is 2.23. The molecule has 0 saturated heterocycles. The molecule has 2 N–H and O–H groups in total. The molecule has 4 heterocycles. The van der Waals surface area contributed by atoms with E-state index in [0.29, 0.717) is 28.6 Å². The SMILES string of the molecule is CNc1nn(-c2ccc(CNS(C)(=O)=O)cc2OC)c2cc(-c3cnn4cccnc34)ncc12. The van der Waals surface area contributed by atoms with Gasteiger partial charge in [-0.2, -0.15) is 5.10 Å². The predicted molar refractivity (Wildman–Crippen MR) is 129 cm³/mol. The van der Waals surface area contributed by atoms with Gasteiger partial charge in [-0.3, -0.25) is 4.98 Å². The number of methoxy groups -OCH3 is 1. The molecule has 0 bridgehead atoms. The molecule has 4 aromatic heterocycles. The van der Waals surface area contributed by atoms with Crippen molar-refractivity contribution < 1.29 is 13.2 Å². The van der Waals surface area contributed by atoms with E-state index in [-0.39, 0.29) is 6.54 Å². The van der Waals surface area contributed by atoms with E-state index >= 15 is 0 Å². The van der Waals surface area contributed by atoms with Gasteiger partial charge in [-0.1, -0.05) is 6.07 Å². The molecule has 0 atom stereocenters. The monoisotopic (exact) mass is 478 g/mol. The first-order valence-corrected chi connectivity index (χ1v) is 12.2. The molecule has 0 saturated carbocycles. The molecule has 5 aromatic rings. The summed E-state index contributed by atoms with van der Waals surface area (Å²) in [6, 6.07) is 9.22. The summed E-state index contributed by atoms with van der Waals surface area (Å²) in [7, 11) is 0.0519. The number of fused-ring (bicyclic) bond motifs is 2. The lowest BCUT2D eigenvalue weighted by molar-refractivity contribution is 0.411. The van der Waals surface area contributed by atoms with Crippen LogP contribution in [0.1, 0.15) is 5.56 Å². The van der Waals surface area contributed by atoms with E-state index in [2.05, 4.69) is 25.1 Å². The highest BCUT2D eigenvalue weighted by molar-refractivity contribution is 7.88. The zero-order chi connectivity index (χ0) is 23.9. The topological polar surface area (TPSA) is 128 Å². The lowest BCUT2D eigenvalue weighted by atomic mass is 10.1. The molecular weight excluding hydrogens is 456 g/mol. The second-order valence-corrected chi connectivity index (χ2v) is 9.48. The third kappa shape index (κ3) is 3.93. The van der Waals surface area contributed by atoms with Gasteiger partial charge in [0.15, 0.2) is 11.5 Å². The highest BCUT2D eigenvalue weighted by Gasteiger charge is 2.18. The average molecular weight is 479 g/mol. The molecule has 0 amide bonds. The van der Waals surface area contributed by atoms with E-state index in [1.165, 1.54) is 0 Å². The van der Waals surface area contributed by atoms with Crippen LogP contribution in [0.4, 0.5) is 5.82 Å². The van der Waals surface area contributed by atoms with E-state index in [4.69, 9.17) is 9.84 Å². The molecule has 0 aliphatic carbocycles. The molecule has 0 spiro atoms. The van der Waals surface area contributed by atoms with Gasteiger partial charge >= 0.3 is 0 Å². The zero-order valence-electron chi connectivity index (χ0n) is 18.7. The first-order chi connectivity index (χ1) is 16.4. The number of anilines is 1. The van der Waals surface area contributed by atoms with Gasteiger partial charge in [0.2, 0.25) is 10.0 Å². The summed E-state index contributed by atoms with van der Waals surface area (Å²) in [6.07, 6.45) is 8.18. The Morgan fingerprint density at radius 3 is 2.76 bits per heavy atom. The fourth-order valence-electron chi connectivity index (χ4n) is 3.76. The van der Waals surface area contributed by atoms with Gasteiger partial charge in [-0.05, 0) is 29.8 Å². The Balaban J connectivity index is 1.64. The van der Waals surface area contributed by atoms with Gasteiger partial charge in [0, 0.05) is 32.2 Å². The fraction of sp³-hybridized carbons (Fsp3) is 0.182. The minimum absolute atomic E-state index is 0.160. The normalized spacial score (nSPS) is 11.9. The number of aromatic nitrogens is 6. The van der Waals surface area contributed by atoms with Crippen molar-refractivity contribution in [1.29, 1.82) is 0 Å². The van der Waals surface area contributed by atoms with Crippen molar-refractivity contribution in [3.8, 4) is 22.7 Å². The summed E-state index contributed by atoms with van der Waals surface area (Å²) in [5.74, 6) is 1.22. The number of pyridine rings is 1. The standard InChI is InChI=1S/C22H22N8O3S/c1-23-21-16-12-25-17(15-13-26-29-8-4-7-24-22(15)29)10-19(16)30(28-21)18-6-5-14(9-20(18)33-2)11-27-34(3,31)32/h4-10,12-13,27H,11H2,1-3H3,(H,23,28). The van der Waals surface area contributed by atoms with Crippen molar-refractivity contribution in [1.82, 2.24) is 34.1 Å². The second kappa shape index (κ2) is 8.39. The van der Waals surface area contributed by atoms with Crippen molar-refractivity contribution >= 4 is 32.4 Å². The summed E-state index contributed by atoms with van der Waals surface area (Å²) in [5.41, 5.74) is 4.48. The quantitative estimate of drug-likeness (QED) is 0.364. The smallest absolute Gasteiger partial charge is 0.209 e. The maximum atomic E-state index is 11.5. The zero-order valence-corrected chi connectivity index (χ0v) is 19.5. The molecule has 34 heavy (non-hydrogen) atoms. The Kier molecular flexibility index (Phi) is 5.38. The Morgan fingerprint density at radius 1 is 1.15 bits per heavy atom. The Labute approximate surface area is 195 Å². The number of nitrogens with one attached hydrogen (secondary N) is 2. The van der Waals surface area contributed by atoms with E-state index < -0.39 is 10.0 Å². The maximum Gasteiger partial charge on any atom is 0.209 e. The molecule has 0 aliphatic heterocycles. The number of sulfonamides is 1. The fourth-order valence-corrected chi connectivity index (χ4v) is 4.18. The van der Waals surface area contributed by atoms with E-state index in [1.54, 1.807) is 48.0 Å². The highest BCUT2D eigenvalue weighted by Crippen LogP contribution is 2.33. The molecule has 174 valence electrons. The Hall–Kier alpha value is -4.03. The molecule has 5 rings (SSSR count). The van der Waals surface area contributed by atoms with Crippen LogP contribution in [0.5, 0.6) is 5.75 Å². The van der Waals surface area contributed by atoms with Gasteiger partial charge in [-0.25, -0.2) is 27.3 Å². The van der Waals surface area contributed by atoms with Crippen molar-refractivity contribution in [3.63, 3.8) is 0 Å². The Morgan fingerprint density at radius 2 is 2.00 bits per heavy atom. The minimum Gasteiger partial charge on any atom is -0.494 e. The average Bonchev–Trinajstić information content (AvgIpc) is 3.43. The van der Waals surface area contributed by atoms with Crippen molar-refractivity contribution in [2.75, 3.05) is 25.7 Å². The van der Waals surface area contributed by atoms with Crippen molar-refractivity contribution in [2.45, 2.75) is 6.54 Å². The number of benzene rings is 1. The van der Waals surface area contributed by atoms with E-state index in [0.717, 1.165) is 28.3 Å². The number of nitrogens with zero attached hydrogens (tertiary/aromatic N) is 6. The summed E-state index contributed by atoms with van der Waals surface area (Å²) in [4.78, 5) is 9.06. The molecule has 0 aliphatic rings. The van der Waals surface area contributed by atoms with Gasteiger partial charge in [0.05, 0.1) is 41.7 Å². The summed E-state index contributed by atoms with van der Waals surface area (Å²) >= 11 is 0.